The van der Waals surface area contributed by atoms with Crippen molar-refractivity contribution in [3.8, 4) is 0 Å². The Morgan fingerprint density at radius 1 is 1.33 bits per heavy atom. The smallest absolute Gasteiger partial charge is 0.251 e. The van der Waals surface area contributed by atoms with Crippen LogP contribution in [0, 0.1) is 6.92 Å². The van der Waals surface area contributed by atoms with E-state index in [-0.39, 0.29) is 11.8 Å². The summed E-state index contributed by atoms with van der Waals surface area (Å²) in [4.78, 5) is 24.3. The number of carbonyl (C=O) groups excluding carboxylic acids is 2. The van der Waals surface area contributed by atoms with Crippen LogP contribution in [0.4, 0.5) is 5.69 Å². The lowest BCUT2D eigenvalue weighted by Gasteiger charge is -2.21. The number of rotatable bonds is 5. The minimum atomic E-state index is -3.40. The molecule has 0 unspecified atom stereocenters. The molecule has 1 atom stereocenters. The summed E-state index contributed by atoms with van der Waals surface area (Å²) in [6, 6.07) is 4.32. The van der Waals surface area contributed by atoms with Crippen LogP contribution in [-0.2, 0) is 14.8 Å². The van der Waals surface area contributed by atoms with Crippen molar-refractivity contribution in [2.45, 2.75) is 32.7 Å². The van der Waals surface area contributed by atoms with Gasteiger partial charge in [-0.05, 0) is 50.5 Å². The normalized spacial score (nSPS) is 18.4. The van der Waals surface area contributed by atoms with E-state index in [0.717, 1.165) is 11.8 Å². The van der Waals surface area contributed by atoms with Crippen LogP contribution in [-0.4, -0.2) is 49.9 Å². The van der Waals surface area contributed by atoms with Crippen molar-refractivity contribution in [3.05, 3.63) is 29.3 Å². The maximum Gasteiger partial charge on any atom is 0.251 e. The summed E-state index contributed by atoms with van der Waals surface area (Å²) in [6.45, 7) is 4.54. The van der Waals surface area contributed by atoms with Crippen molar-refractivity contribution in [1.82, 2.24) is 9.62 Å². The van der Waals surface area contributed by atoms with Crippen LogP contribution in [0.3, 0.4) is 0 Å². The number of aryl methyl sites for hydroxylation is 1. The molecule has 1 saturated heterocycles. The second-order valence-electron chi connectivity index (χ2n) is 5.91. The molecule has 2 N–H and O–H groups in total. The molecule has 0 saturated carbocycles. The molecular weight excluding hydrogens is 330 g/mol. The first-order chi connectivity index (χ1) is 11.2. The van der Waals surface area contributed by atoms with Crippen molar-refractivity contribution in [2.24, 2.45) is 0 Å². The standard InChI is InChI=1S/C16H23N3O4S/c1-4-17-15(20)12-7-8-13(11(2)10-12)18-16(21)14-6-5-9-19(14)24(3,22)23/h7-8,10,14H,4-6,9H2,1-3H3,(H,17,20)(H,18,21)/t14-/m0/s1. The van der Waals surface area contributed by atoms with Gasteiger partial charge in [-0.15, -0.1) is 0 Å². The summed E-state index contributed by atoms with van der Waals surface area (Å²) < 4.78 is 24.7. The second-order valence-corrected chi connectivity index (χ2v) is 7.85. The molecule has 0 bridgehead atoms. The van der Waals surface area contributed by atoms with Crippen LogP contribution < -0.4 is 10.6 Å². The average molecular weight is 353 g/mol. The molecule has 1 aliphatic rings. The summed E-state index contributed by atoms with van der Waals surface area (Å²) in [5.74, 6) is -0.510. The third kappa shape index (κ3) is 4.12. The number of anilines is 1. The van der Waals surface area contributed by atoms with Crippen LogP contribution in [0.15, 0.2) is 18.2 Å². The first kappa shape index (κ1) is 18.4. The highest BCUT2D eigenvalue weighted by Gasteiger charge is 2.36. The van der Waals surface area contributed by atoms with Crippen molar-refractivity contribution >= 4 is 27.5 Å². The zero-order valence-corrected chi connectivity index (χ0v) is 14.9. The van der Waals surface area contributed by atoms with Gasteiger partial charge in [0, 0.05) is 24.3 Å². The molecule has 1 aromatic carbocycles. The summed E-state index contributed by atoms with van der Waals surface area (Å²) >= 11 is 0. The first-order valence-electron chi connectivity index (χ1n) is 7.90. The Bertz CT molecular complexity index is 746. The number of hydrogen-bond donors (Lipinski definition) is 2. The highest BCUT2D eigenvalue weighted by molar-refractivity contribution is 7.88. The molecule has 1 fully saturated rings. The van der Waals surface area contributed by atoms with Gasteiger partial charge in [0.1, 0.15) is 6.04 Å². The maximum atomic E-state index is 12.4. The maximum absolute atomic E-state index is 12.4. The minimum absolute atomic E-state index is 0.169. The van der Waals surface area contributed by atoms with Gasteiger partial charge < -0.3 is 10.6 Å². The molecule has 1 aliphatic heterocycles. The van der Waals surface area contributed by atoms with Crippen LogP contribution >= 0.6 is 0 Å². The zero-order chi connectivity index (χ0) is 17.9. The molecule has 132 valence electrons. The highest BCUT2D eigenvalue weighted by atomic mass is 32.2. The van der Waals surface area contributed by atoms with Gasteiger partial charge in [0.05, 0.1) is 6.26 Å². The Kier molecular flexibility index (Phi) is 5.61. The molecule has 2 rings (SSSR count). The van der Waals surface area contributed by atoms with E-state index in [0.29, 0.717) is 37.2 Å². The second kappa shape index (κ2) is 7.31. The summed E-state index contributed by atoms with van der Waals surface area (Å²) in [5, 5.41) is 5.49. The monoisotopic (exact) mass is 353 g/mol. The van der Waals surface area contributed by atoms with Crippen LogP contribution in [0.2, 0.25) is 0 Å². The fraction of sp³-hybridized carbons (Fsp3) is 0.500. The molecule has 0 spiro atoms. The van der Waals surface area contributed by atoms with Gasteiger partial charge in [0.2, 0.25) is 15.9 Å². The lowest BCUT2D eigenvalue weighted by atomic mass is 10.1. The number of carbonyl (C=O) groups is 2. The Labute approximate surface area is 142 Å². The Hall–Kier alpha value is -1.93. The number of amides is 2. The summed E-state index contributed by atoms with van der Waals surface area (Å²) in [6.07, 6.45) is 2.29. The first-order valence-corrected chi connectivity index (χ1v) is 9.75. The quantitative estimate of drug-likeness (QED) is 0.829. The van der Waals surface area contributed by atoms with Gasteiger partial charge >= 0.3 is 0 Å². The van der Waals surface area contributed by atoms with Gasteiger partial charge in [-0.25, -0.2) is 8.42 Å². The van der Waals surface area contributed by atoms with E-state index < -0.39 is 16.1 Å². The van der Waals surface area contributed by atoms with Crippen molar-refractivity contribution in [3.63, 3.8) is 0 Å². The number of nitrogens with one attached hydrogen (secondary N) is 2. The largest absolute Gasteiger partial charge is 0.352 e. The topological polar surface area (TPSA) is 95.6 Å². The van der Waals surface area contributed by atoms with Crippen LogP contribution in [0.5, 0.6) is 0 Å². The minimum Gasteiger partial charge on any atom is -0.352 e. The van der Waals surface area contributed by atoms with E-state index in [1.54, 1.807) is 25.1 Å². The lowest BCUT2D eigenvalue weighted by molar-refractivity contribution is -0.119. The molecule has 0 radical (unpaired) electrons. The SMILES string of the molecule is CCNC(=O)c1ccc(NC(=O)[C@@H]2CCCN2S(C)(=O)=O)c(C)c1. The van der Waals surface area contributed by atoms with Gasteiger partial charge in [-0.3, -0.25) is 9.59 Å². The van der Waals surface area contributed by atoms with Crippen molar-refractivity contribution in [1.29, 1.82) is 0 Å². The lowest BCUT2D eigenvalue weighted by Crippen LogP contribution is -2.42. The third-order valence-electron chi connectivity index (χ3n) is 4.02. The molecule has 1 heterocycles. The number of benzene rings is 1. The molecule has 2 amide bonds. The number of hydrogen-bond acceptors (Lipinski definition) is 4. The van der Waals surface area contributed by atoms with E-state index in [4.69, 9.17) is 0 Å². The fourth-order valence-corrected chi connectivity index (χ4v) is 3.95. The van der Waals surface area contributed by atoms with Crippen LogP contribution in [0.25, 0.3) is 0 Å². The molecular formula is C16H23N3O4S. The van der Waals surface area contributed by atoms with Gasteiger partial charge in [-0.2, -0.15) is 4.31 Å². The van der Waals surface area contributed by atoms with Gasteiger partial charge in [-0.1, -0.05) is 0 Å². The molecule has 0 aliphatic carbocycles. The predicted octanol–water partition coefficient (Wildman–Crippen LogP) is 1.11. The van der Waals surface area contributed by atoms with E-state index in [9.17, 15) is 18.0 Å². The van der Waals surface area contributed by atoms with E-state index in [2.05, 4.69) is 10.6 Å². The third-order valence-corrected chi connectivity index (χ3v) is 5.31. The van der Waals surface area contributed by atoms with Gasteiger partial charge in [0.15, 0.2) is 0 Å². The predicted molar refractivity (Wildman–Crippen MR) is 92.4 cm³/mol. The van der Waals surface area contributed by atoms with E-state index in [1.807, 2.05) is 6.92 Å². The fourth-order valence-electron chi connectivity index (χ4n) is 2.82. The Morgan fingerprint density at radius 2 is 2.04 bits per heavy atom. The van der Waals surface area contributed by atoms with Crippen molar-refractivity contribution in [2.75, 3.05) is 24.7 Å². The highest BCUT2D eigenvalue weighted by Crippen LogP contribution is 2.23. The number of nitrogens with zero attached hydrogens (tertiary/aromatic N) is 1. The van der Waals surface area contributed by atoms with Crippen molar-refractivity contribution < 1.29 is 18.0 Å². The average Bonchev–Trinajstić information content (AvgIpc) is 2.99. The zero-order valence-electron chi connectivity index (χ0n) is 14.1. The Balaban J connectivity index is 2.13. The van der Waals surface area contributed by atoms with Gasteiger partial charge in [0.25, 0.3) is 5.91 Å². The molecule has 8 heteroatoms. The van der Waals surface area contributed by atoms with E-state index in [1.165, 1.54) is 4.31 Å². The van der Waals surface area contributed by atoms with E-state index >= 15 is 0 Å². The molecule has 0 aromatic heterocycles. The molecule has 24 heavy (non-hydrogen) atoms. The summed E-state index contributed by atoms with van der Waals surface area (Å²) in [7, 11) is -3.40. The van der Waals surface area contributed by atoms with Crippen LogP contribution in [0.1, 0.15) is 35.7 Å². The Morgan fingerprint density at radius 3 is 2.62 bits per heavy atom. The number of sulfonamides is 1. The molecule has 7 nitrogen and oxygen atoms in total. The molecule has 1 aromatic rings. The summed E-state index contributed by atoms with van der Waals surface area (Å²) in [5.41, 5.74) is 1.84.